The standard InChI is InChI=1S/C16H16FN3S/c1-9-6-13(11(3)21-9)10(2)20-16-14-7-12(17)4-5-15(14)18-8-19-16/h4-8,10H,1-3H3,(H,18,19,20). The summed E-state index contributed by atoms with van der Waals surface area (Å²) in [6.07, 6.45) is 1.50. The second-order valence-electron chi connectivity index (χ2n) is 5.12. The second kappa shape index (κ2) is 5.41. The maximum Gasteiger partial charge on any atom is 0.137 e. The van der Waals surface area contributed by atoms with Crippen LogP contribution in [0.5, 0.6) is 0 Å². The predicted molar refractivity (Wildman–Crippen MR) is 85.3 cm³/mol. The quantitative estimate of drug-likeness (QED) is 0.767. The smallest absolute Gasteiger partial charge is 0.137 e. The third kappa shape index (κ3) is 2.74. The average molecular weight is 301 g/mol. The van der Waals surface area contributed by atoms with E-state index in [1.54, 1.807) is 17.4 Å². The number of aromatic nitrogens is 2. The van der Waals surface area contributed by atoms with E-state index in [4.69, 9.17) is 0 Å². The Hall–Kier alpha value is -2.01. The van der Waals surface area contributed by atoms with Crippen LogP contribution >= 0.6 is 11.3 Å². The summed E-state index contributed by atoms with van der Waals surface area (Å²) in [5.74, 6) is 0.380. The minimum Gasteiger partial charge on any atom is -0.363 e. The average Bonchev–Trinajstić information content (AvgIpc) is 2.78. The van der Waals surface area contributed by atoms with E-state index >= 15 is 0 Å². The molecule has 0 saturated heterocycles. The number of anilines is 1. The highest BCUT2D eigenvalue weighted by Crippen LogP contribution is 2.30. The first-order valence-corrected chi connectivity index (χ1v) is 7.60. The number of hydrogen-bond donors (Lipinski definition) is 1. The Kier molecular flexibility index (Phi) is 3.59. The highest BCUT2D eigenvalue weighted by atomic mass is 32.1. The van der Waals surface area contributed by atoms with Crippen molar-refractivity contribution in [3.8, 4) is 0 Å². The topological polar surface area (TPSA) is 37.8 Å². The molecule has 1 aromatic carbocycles. The van der Waals surface area contributed by atoms with Gasteiger partial charge in [-0.25, -0.2) is 14.4 Å². The minimum absolute atomic E-state index is 0.108. The molecule has 0 aliphatic heterocycles. The first kappa shape index (κ1) is 13.9. The Morgan fingerprint density at radius 2 is 2.00 bits per heavy atom. The van der Waals surface area contributed by atoms with Gasteiger partial charge in [0.1, 0.15) is 18.0 Å². The number of halogens is 1. The molecule has 1 unspecified atom stereocenters. The van der Waals surface area contributed by atoms with Crippen molar-refractivity contribution in [2.75, 3.05) is 5.32 Å². The number of hydrogen-bond acceptors (Lipinski definition) is 4. The number of thiophene rings is 1. The fraction of sp³-hybridized carbons (Fsp3) is 0.250. The molecule has 108 valence electrons. The SMILES string of the molecule is Cc1cc(C(C)Nc2ncnc3ccc(F)cc23)c(C)s1. The summed E-state index contributed by atoms with van der Waals surface area (Å²) in [5, 5.41) is 4.07. The molecule has 0 radical (unpaired) electrons. The third-order valence-corrected chi connectivity index (χ3v) is 4.48. The zero-order chi connectivity index (χ0) is 15.0. The highest BCUT2D eigenvalue weighted by molar-refractivity contribution is 7.12. The van der Waals surface area contributed by atoms with E-state index < -0.39 is 0 Å². The lowest BCUT2D eigenvalue weighted by Gasteiger charge is -2.16. The van der Waals surface area contributed by atoms with Gasteiger partial charge in [-0.1, -0.05) is 0 Å². The maximum atomic E-state index is 13.5. The van der Waals surface area contributed by atoms with Crippen LogP contribution in [-0.4, -0.2) is 9.97 Å². The summed E-state index contributed by atoms with van der Waals surface area (Å²) in [4.78, 5) is 11.0. The van der Waals surface area contributed by atoms with Crippen molar-refractivity contribution in [1.82, 2.24) is 9.97 Å². The Bertz CT molecular complexity index is 797. The fourth-order valence-corrected chi connectivity index (χ4v) is 3.53. The zero-order valence-corrected chi connectivity index (χ0v) is 13.0. The van der Waals surface area contributed by atoms with Crippen LogP contribution in [0, 0.1) is 19.7 Å². The second-order valence-corrected chi connectivity index (χ2v) is 6.58. The monoisotopic (exact) mass is 301 g/mol. The molecule has 3 aromatic rings. The molecular formula is C16H16FN3S. The molecule has 0 amide bonds. The Morgan fingerprint density at radius 3 is 2.71 bits per heavy atom. The van der Waals surface area contributed by atoms with Gasteiger partial charge < -0.3 is 5.32 Å². The lowest BCUT2D eigenvalue weighted by Crippen LogP contribution is -2.08. The van der Waals surface area contributed by atoms with Crippen LogP contribution in [0.25, 0.3) is 10.9 Å². The fourth-order valence-electron chi connectivity index (χ4n) is 2.51. The maximum absolute atomic E-state index is 13.5. The minimum atomic E-state index is -0.282. The van der Waals surface area contributed by atoms with Crippen LogP contribution in [0.4, 0.5) is 10.2 Å². The van der Waals surface area contributed by atoms with Crippen molar-refractivity contribution in [3.63, 3.8) is 0 Å². The van der Waals surface area contributed by atoms with Crippen molar-refractivity contribution in [2.45, 2.75) is 26.8 Å². The molecule has 3 nitrogen and oxygen atoms in total. The van der Waals surface area contributed by atoms with E-state index in [1.807, 2.05) is 0 Å². The van der Waals surface area contributed by atoms with Crippen LogP contribution < -0.4 is 5.32 Å². The highest BCUT2D eigenvalue weighted by Gasteiger charge is 2.13. The number of nitrogens with zero attached hydrogens (tertiary/aromatic N) is 2. The Balaban J connectivity index is 1.98. The van der Waals surface area contributed by atoms with Gasteiger partial charge in [0.05, 0.1) is 11.6 Å². The molecule has 1 atom stereocenters. The number of benzene rings is 1. The number of nitrogens with one attached hydrogen (secondary N) is 1. The number of fused-ring (bicyclic) bond motifs is 1. The van der Waals surface area contributed by atoms with Gasteiger partial charge in [-0.3, -0.25) is 0 Å². The summed E-state index contributed by atoms with van der Waals surface area (Å²) in [5.41, 5.74) is 1.99. The molecule has 0 aliphatic rings. The molecule has 0 bridgehead atoms. The van der Waals surface area contributed by atoms with Crippen LogP contribution in [0.2, 0.25) is 0 Å². The van der Waals surface area contributed by atoms with Crippen LogP contribution in [0.1, 0.15) is 28.3 Å². The zero-order valence-electron chi connectivity index (χ0n) is 12.1. The van der Waals surface area contributed by atoms with Crippen molar-refractivity contribution in [1.29, 1.82) is 0 Å². The summed E-state index contributed by atoms with van der Waals surface area (Å²) >= 11 is 1.78. The lowest BCUT2D eigenvalue weighted by atomic mass is 10.1. The van der Waals surface area contributed by atoms with Crippen LogP contribution in [0.3, 0.4) is 0 Å². The van der Waals surface area contributed by atoms with E-state index in [9.17, 15) is 4.39 Å². The van der Waals surface area contributed by atoms with Crippen molar-refractivity contribution in [3.05, 3.63) is 51.7 Å². The van der Waals surface area contributed by atoms with Gasteiger partial charge in [-0.15, -0.1) is 11.3 Å². The lowest BCUT2D eigenvalue weighted by molar-refractivity contribution is 0.629. The van der Waals surface area contributed by atoms with Gasteiger partial charge in [0.15, 0.2) is 0 Å². The number of rotatable bonds is 3. The first-order valence-electron chi connectivity index (χ1n) is 6.78. The Labute approximate surface area is 126 Å². The van der Waals surface area contributed by atoms with E-state index in [-0.39, 0.29) is 11.9 Å². The molecule has 0 fully saturated rings. The van der Waals surface area contributed by atoms with Gasteiger partial charge in [-0.05, 0) is 50.6 Å². The molecule has 5 heteroatoms. The summed E-state index contributed by atoms with van der Waals surface area (Å²) in [6, 6.07) is 6.84. The molecule has 21 heavy (non-hydrogen) atoms. The van der Waals surface area contributed by atoms with E-state index in [0.717, 1.165) is 5.52 Å². The van der Waals surface area contributed by atoms with Crippen molar-refractivity contribution >= 4 is 28.1 Å². The van der Waals surface area contributed by atoms with E-state index in [2.05, 4.69) is 42.1 Å². The van der Waals surface area contributed by atoms with Crippen molar-refractivity contribution in [2.24, 2.45) is 0 Å². The molecule has 2 heterocycles. The molecule has 0 saturated carbocycles. The first-order chi connectivity index (χ1) is 10.0. The van der Waals surface area contributed by atoms with E-state index in [1.165, 1.54) is 33.8 Å². The van der Waals surface area contributed by atoms with Gasteiger partial charge >= 0.3 is 0 Å². The van der Waals surface area contributed by atoms with Crippen molar-refractivity contribution < 1.29 is 4.39 Å². The van der Waals surface area contributed by atoms with Gasteiger partial charge in [0.2, 0.25) is 0 Å². The molecular weight excluding hydrogens is 285 g/mol. The predicted octanol–water partition coefficient (Wildman–Crippen LogP) is 4.62. The van der Waals surface area contributed by atoms with Crippen LogP contribution in [0.15, 0.2) is 30.6 Å². The van der Waals surface area contributed by atoms with Gasteiger partial charge in [-0.2, -0.15) is 0 Å². The Morgan fingerprint density at radius 1 is 1.19 bits per heavy atom. The third-order valence-electron chi connectivity index (χ3n) is 3.50. The molecule has 2 aromatic heterocycles. The molecule has 0 spiro atoms. The normalized spacial score (nSPS) is 12.6. The summed E-state index contributed by atoms with van der Waals surface area (Å²) in [6.45, 7) is 6.30. The van der Waals surface area contributed by atoms with Gasteiger partial charge in [0.25, 0.3) is 0 Å². The molecule has 0 aliphatic carbocycles. The summed E-state index contributed by atoms with van der Waals surface area (Å²) < 4.78 is 13.5. The molecule has 1 N–H and O–H groups in total. The van der Waals surface area contributed by atoms with E-state index in [0.29, 0.717) is 11.2 Å². The summed E-state index contributed by atoms with van der Waals surface area (Å²) in [7, 11) is 0. The van der Waals surface area contributed by atoms with Crippen LogP contribution in [-0.2, 0) is 0 Å². The molecule has 3 rings (SSSR count). The van der Waals surface area contributed by atoms with Gasteiger partial charge in [0, 0.05) is 15.1 Å². The number of aryl methyl sites for hydroxylation is 2. The largest absolute Gasteiger partial charge is 0.363 e.